The topological polar surface area (TPSA) is 41.3 Å². The lowest BCUT2D eigenvalue weighted by molar-refractivity contribution is -0.670. The highest BCUT2D eigenvalue weighted by Crippen LogP contribution is 2.42. The summed E-state index contributed by atoms with van der Waals surface area (Å²) in [5, 5.41) is 0. The molecular weight excluding hydrogens is 252 g/mol. The highest BCUT2D eigenvalue weighted by atomic mass is 16.2. The first-order valence-electron chi connectivity index (χ1n) is 6.99. The van der Waals surface area contributed by atoms with E-state index in [0.717, 1.165) is 0 Å². The second-order valence-corrected chi connectivity index (χ2v) is 5.95. The van der Waals surface area contributed by atoms with E-state index in [1.165, 1.54) is 10.5 Å². The summed E-state index contributed by atoms with van der Waals surface area (Å²) in [4.78, 5) is 26.6. The summed E-state index contributed by atoms with van der Waals surface area (Å²) in [6.45, 7) is 4.07. The molecule has 4 nitrogen and oxygen atoms in total. The third-order valence-corrected chi connectivity index (χ3v) is 4.31. The maximum absolute atomic E-state index is 12.6. The molecule has 1 aliphatic carbocycles. The standard InChI is InChI=1S/C16H19N2O2/c1-10-7-11(2)14-13(8-10)15(19)18(16(14)20)12-5-4-6-17(3)9-12/h4-7,9,11,13-14H,8H2,1-3H3/q+1/t11-,13-,14+/m1/s1. The van der Waals surface area contributed by atoms with Gasteiger partial charge in [0.25, 0.3) is 0 Å². The van der Waals surface area contributed by atoms with Crippen molar-refractivity contribution in [2.24, 2.45) is 24.8 Å². The summed E-state index contributed by atoms with van der Waals surface area (Å²) in [6.07, 6.45) is 6.53. The molecule has 0 radical (unpaired) electrons. The van der Waals surface area contributed by atoms with Crippen LogP contribution in [0.1, 0.15) is 20.3 Å². The van der Waals surface area contributed by atoms with Crippen molar-refractivity contribution < 1.29 is 14.2 Å². The Morgan fingerprint density at radius 3 is 2.75 bits per heavy atom. The molecule has 0 aromatic carbocycles. The van der Waals surface area contributed by atoms with E-state index in [2.05, 4.69) is 6.08 Å². The van der Waals surface area contributed by atoms with Gasteiger partial charge in [0.2, 0.25) is 11.8 Å². The number of anilines is 1. The number of fused-ring (bicyclic) bond motifs is 1. The molecule has 0 spiro atoms. The summed E-state index contributed by atoms with van der Waals surface area (Å²) in [7, 11) is 1.88. The summed E-state index contributed by atoms with van der Waals surface area (Å²) >= 11 is 0. The number of rotatable bonds is 1. The van der Waals surface area contributed by atoms with Crippen LogP contribution in [0.25, 0.3) is 0 Å². The van der Waals surface area contributed by atoms with Gasteiger partial charge in [0.1, 0.15) is 12.7 Å². The first kappa shape index (κ1) is 13.0. The summed E-state index contributed by atoms with van der Waals surface area (Å²) in [5.41, 5.74) is 1.88. The molecule has 2 amide bonds. The monoisotopic (exact) mass is 271 g/mol. The van der Waals surface area contributed by atoms with Crippen LogP contribution in [0, 0.1) is 17.8 Å². The van der Waals surface area contributed by atoms with Crippen LogP contribution in [-0.2, 0) is 16.6 Å². The molecule has 104 valence electrons. The second-order valence-electron chi connectivity index (χ2n) is 5.95. The van der Waals surface area contributed by atoms with Crippen molar-refractivity contribution in [1.82, 2.24) is 0 Å². The zero-order chi connectivity index (χ0) is 14.4. The van der Waals surface area contributed by atoms with Gasteiger partial charge in [-0.3, -0.25) is 9.59 Å². The zero-order valence-corrected chi connectivity index (χ0v) is 12.0. The highest BCUT2D eigenvalue weighted by molar-refractivity contribution is 6.22. The minimum atomic E-state index is -0.197. The van der Waals surface area contributed by atoms with Gasteiger partial charge in [0.15, 0.2) is 12.4 Å². The number of imide groups is 1. The van der Waals surface area contributed by atoms with Gasteiger partial charge in [0.05, 0.1) is 11.8 Å². The number of carbonyl (C=O) groups excluding carboxylic acids is 2. The van der Waals surface area contributed by atoms with Crippen molar-refractivity contribution in [3.63, 3.8) is 0 Å². The Hall–Kier alpha value is -1.97. The van der Waals surface area contributed by atoms with Crippen LogP contribution >= 0.6 is 0 Å². The Morgan fingerprint density at radius 2 is 2.05 bits per heavy atom. The third-order valence-electron chi connectivity index (χ3n) is 4.31. The second kappa shape index (κ2) is 4.54. The van der Waals surface area contributed by atoms with E-state index in [-0.39, 0.29) is 29.6 Å². The Kier molecular flexibility index (Phi) is 2.96. The number of hydrogen-bond acceptors (Lipinski definition) is 2. The molecule has 1 aromatic rings. The smallest absolute Gasteiger partial charge is 0.238 e. The fourth-order valence-corrected chi connectivity index (χ4v) is 3.48. The van der Waals surface area contributed by atoms with Crippen LogP contribution in [0.2, 0.25) is 0 Å². The molecule has 1 aromatic heterocycles. The molecule has 2 aliphatic rings. The zero-order valence-electron chi connectivity index (χ0n) is 12.0. The molecule has 0 saturated carbocycles. The van der Waals surface area contributed by atoms with Crippen molar-refractivity contribution in [3.8, 4) is 0 Å². The third kappa shape index (κ3) is 1.87. The van der Waals surface area contributed by atoms with Gasteiger partial charge in [-0.05, 0) is 25.3 Å². The van der Waals surface area contributed by atoms with Gasteiger partial charge in [-0.15, -0.1) is 0 Å². The Labute approximate surface area is 118 Å². The van der Waals surface area contributed by atoms with Crippen molar-refractivity contribution >= 4 is 17.5 Å². The van der Waals surface area contributed by atoms with E-state index in [1.807, 2.05) is 50.0 Å². The predicted octanol–water partition coefficient (Wildman–Crippen LogP) is 1.60. The molecule has 1 fully saturated rings. The Balaban J connectivity index is 2.01. The molecule has 1 aliphatic heterocycles. The molecule has 4 heteroatoms. The molecular formula is C16H19N2O2+. The van der Waals surface area contributed by atoms with Crippen molar-refractivity contribution in [3.05, 3.63) is 36.2 Å². The Morgan fingerprint density at radius 1 is 1.30 bits per heavy atom. The average Bonchev–Trinajstić information content (AvgIpc) is 2.61. The maximum atomic E-state index is 12.6. The van der Waals surface area contributed by atoms with Crippen molar-refractivity contribution in [2.45, 2.75) is 20.3 Å². The number of nitrogens with zero attached hydrogens (tertiary/aromatic N) is 2. The van der Waals surface area contributed by atoms with Gasteiger partial charge in [-0.1, -0.05) is 18.6 Å². The molecule has 3 atom stereocenters. The van der Waals surface area contributed by atoms with Crippen molar-refractivity contribution in [1.29, 1.82) is 0 Å². The summed E-state index contributed by atoms with van der Waals surface area (Å²) in [5.74, 6) is -0.356. The molecule has 20 heavy (non-hydrogen) atoms. The van der Waals surface area contributed by atoms with Crippen LogP contribution in [0.4, 0.5) is 5.69 Å². The van der Waals surface area contributed by atoms with Gasteiger partial charge in [-0.2, -0.15) is 0 Å². The van der Waals surface area contributed by atoms with Crippen LogP contribution in [0.15, 0.2) is 36.2 Å². The SMILES string of the molecule is CC1=C[C@@H](C)[C@@H]2C(=O)N(c3ccc[n+](C)c3)C(=O)[C@@H]2C1. The van der Waals surface area contributed by atoms with E-state index in [1.54, 1.807) is 0 Å². The lowest BCUT2D eigenvalue weighted by Gasteiger charge is -2.25. The van der Waals surface area contributed by atoms with E-state index >= 15 is 0 Å². The lowest BCUT2D eigenvalue weighted by atomic mass is 9.76. The molecule has 0 N–H and O–H groups in total. The van der Waals surface area contributed by atoms with Gasteiger partial charge < -0.3 is 0 Å². The fraction of sp³-hybridized carbons (Fsp3) is 0.438. The lowest BCUT2D eigenvalue weighted by Crippen LogP contribution is -2.35. The average molecular weight is 271 g/mol. The van der Waals surface area contributed by atoms with Crippen LogP contribution < -0.4 is 9.47 Å². The number of aromatic nitrogens is 1. The molecule has 2 heterocycles. The van der Waals surface area contributed by atoms with E-state index in [9.17, 15) is 9.59 Å². The summed E-state index contributed by atoms with van der Waals surface area (Å²) < 4.78 is 1.85. The first-order valence-corrected chi connectivity index (χ1v) is 6.99. The number of pyridine rings is 1. The number of amides is 2. The quantitative estimate of drug-likeness (QED) is 0.442. The first-order chi connectivity index (χ1) is 9.49. The highest BCUT2D eigenvalue weighted by Gasteiger charge is 2.51. The normalized spacial score (nSPS) is 29.4. The van der Waals surface area contributed by atoms with Gasteiger partial charge >= 0.3 is 0 Å². The minimum Gasteiger partial charge on any atom is -0.274 e. The minimum absolute atomic E-state index is 0.0505. The molecule has 0 unspecified atom stereocenters. The predicted molar refractivity (Wildman–Crippen MR) is 74.6 cm³/mol. The van der Waals surface area contributed by atoms with Crippen LogP contribution in [0.3, 0.4) is 0 Å². The Bertz CT molecular complexity index is 621. The summed E-state index contributed by atoms with van der Waals surface area (Å²) in [6, 6.07) is 3.67. The van der Waals surface area contributed by atoms with E-state index in [0.29, 0.717) is 12.1 Å². The largest absolute Gasteiger partial charge is 0.274 e. The number of allylic oxidation sites excluding steroid dienone is 2. The van der Waals surface area contributed by atoms with Crippen LogP contribution in [0.5, 0.6) is 0 Å². The van der Waals surface area contributed by atoms with Gasteiger partial charge in [-0.25, -0.2) is 9.47 Å². The fourth-order valence-electron chi connectivity index (χ4n) is 3.48. The van der Waals surface area contributed by atoms with E-state index < -0.39 is 0 Å². The van der Waals surface area contributed by atoms with Crippen LogP contribution in [-0.4, -0.2) is 11.8 Å². The van der Waals surface area contributed by atoms with Gasteiger partial charge in [0, 0.05) is 6.07 Å². The van der Waals surface area contributed by atoms with E-state index in [4.69, 9.17) is 0 Å². The number of carbonyl (C=O) groups is 2. The molecule has 1 saturated heterocycles. The van der Waals surface area contributed by atoms with Crippen molar-refractivity contribution in [2.75, 3.05) is 4.90 Å². The number of hydrogen-bond donors (Lipinski definition) is 0. The molecule has 0 bridgehead atoms. The molecule has 3 rings (SSSR count). The number of aryl methyl sites for hydroxylation is 1. The maximum Gasteiger partial charge on any atom is 0.238 e.